The van der Waals surface area contributed by atoms with Crippen LogP contribution in [0.3, 0.4) is 0 Å². The molecule has 0 fully saturated rings. The highest BCUT2D eigenvalue weighted by Gasteiger charge is 2.20. The summed E-state index contributed by atoms with van der Waals surface area (Å²) in [5.74, 6) is -0.677. The van der Waals surface area contributed by atoms with Crippen LogP contribution in [0.2, 0.25) is 0 Å². The maximum absolute atomic E-state index is 13.4. The Bertz CT molecular complexity index is 628. The maximum Gasteiger partial charge on any atom is 0.326 e. The summed E-state index contributed by atoms with van der Waals surface area (Å²) in [5.41, 5.74) is 0. The van der Waals surface area contributed by atoms with Crippen molar-refractivity contribution >= 4 is 22.6 Å². The van der Waals surface area contributed by atoms with Crippen molar-refractivity contribution in [3.63, 3.8) is 0 Å². The molecule has 1 atom stereocenters. The van der Waals surface area contributed by atoms with Crippen LogP contribution < -0.4 is 5.32 Å². The zero-order chi connectivity index (χ0) is 14.7. The van der Waals surface area contributed by atoms with Gasteiger partial charge in [0.25, 0.3) is 0 Å². The molecule has 0 aliphatic rings. The molecule has 0 spiro atoms. The van der Waals surface area contributed by atoms with Gasteiger partial charge in [-0.3, -0.25) is 0 Å². The SMILES string of the molecule is CC(C)C[C@@H](Nc1nccc2ccc(F)cc12)C(=O)O. The van der Waals surface area contributed by atoms with Gasteiger partial charge >= 0.3 is 5.97 Å². The molecule has 106 valence electrons. The van der Waals surface area contributed by atoms with Crippen molar-refractivity contribution in [1.82, 2.24) is 4.98 Å². The topological polar surface area (TPSA) is 62.2 Å². The fourth-order valence-electron chi connectivity index (χ4n) is 2.11. The quantitative estimate of drug-likeness (QED) is 0.879. The van der Waals surface area contributed by atoms with Gasteiger partial charge in [-0.15, -0.1) is 0 Å². The Morgan fingerprint density at radius 2 is 2.15 bits per heavy atom. The molecule has 0 unspecified atom stereocenters. The minimum Gasteiger partial charge on any atom is -0.480 e. The van der Waals surface area contributed by atoms with Crippen LogP contribution in [0.15, 0.2) is 30.5 Å². The Morgan fingerprint density at radius 3 is 2.80 bits per heavy atom. The number of nitrogens with one attached hydrogen (secondary N) is 1. The van der Waals surface area contributed by atoms with Gasteiger partial charge in [0.05, 0.1) is 0 Å². The summed E-state index contributed by atoms with van der Waals surface area (Å²) in [5, 5.41) is 13.6. The molecule has 0 radical (unpaired) electrons. The Kier molecular flexibility index (Phi) is 4.17. The van der Waals surface area contributed by atoms with Crippen LogP contribution in [0, 0.1) is 11.7 Å². The first kappa shape index (κ1) is 14.2. The van der Waals surface area contributed by atoms with Gasteiger partial charge in [0.1, 0.15) is 17.7 Å². The van der Waals surface area contributed by atoms with E-state index in [2.05, 4.69) is 10.3 Å². The van der Waals surface area contributed by atoms with Crippen molar-refractivity contribution in [2.45, 2.75) is 26.3 Å². The van der Waals surface area contributed by atoms with Gasteiger partial charge in [-0.2, -0.15) is 0 Å². The van der Waals surface area contributed by atoms with E-state index in [0.29, 0.717) is 17.6 Å². The first-order chi connectivity index (χ1) is 9.47. The van der Waals surface area contributed by atoms with E-state index in [-0.39, 0.29) is 11.7 Å². The van der Waals surface area contributed by atoms with E-state index >= 15 is 0 Å². The van der Waals surface area contributed by atoms with E-state index in [1.807, 2.05) is 13.8 Å². The Hall–Kier alpha value is -2.17. The van der Waals surface area contributed by atoms with Crippen molar-refractivity contribution < 1.29 is 14.3 Å². The lowest BCUT2D eigenvalue weighted by Crippen LogP contribution is -2.31. The van der Waals surface area contributed by atoms with Crippen LogP contribution in [-0.2, 0) is 4.79 Å². The van der Waals surface area contributed by atoms with Crippen LogP contribution in [-0.4, -0.2) is 22.1 Å². The van der Waals surface area contributed by atoms with Gasteiger partial charge in [-0.05, 0) is 35.9 Å². The third-order valence-corrected chi connectivity index (χ3v) is 3.04. The molecule has 0 bridgehead atoms. The van der Waals surface area contributed by atoms with Crippen LogP contribution in [0.5, 0.6) is 0 Å². The van der Waals surface area contributed by atoms with Crippen molar-refractivity contribution in [2.24, 2.45) is 5.92 Å². The van der Waals surface area contributed by atoms with Crippen molar-refractivity contribution in [3.8, 4) is 0 Å². The maximum atomic E-state index is 13.4. The van der Waals surface area contributed by atoms with Crippen LogP contribution in [0.4, 0.5) is 10.2 Å². The average molecular weight is 276 g/mol. The minimum atomic E-state index is -0.936. The molecule has 1 aromatic heterocycles. The van der Waals surface area contributed by atoms with Crippen LogP contribution in [0.25, 0.3) is 10.8 Å². The van der Waals surface area contributed by atoms with E-state index in [1.54, 1.807) is 18.3 Å². The van der Waals surface area contributed by atoms with Crippen molar-refractivity contribution in [3.05, 3.63) is 36.3 Å². The number of aromatic nitrogens is 1. The highest BCUT2D eigenvalue weighted by molar-refractivity contribution is 5.93. The van der Waals surface area contributed by atoms with Gasteiger partial charge in [0, 0.05) is 11.6 Å². The summed E-state index contributed by atoms with van der Waals surface area (Å²) in [6.07, 6.45) is 2.06. The molecule has 0 aliphatic carbocycles. The summed E-state index contributed by atoms with van der Waals surface area (Å²) in [7, 11) is 0. The monoisotopic (exact) mass is 276 g/mol. The number of carboxylic acid groups (broad SMARTS) is 1. The summed E-state index contributed by atoms with van der Waals surface area (Å²) in [6.45, 7) is 3.90. The standard InChI is InChI=1S/C15H17FN2O2/c1-9(2)7-13(15(19)20)18-14-12-8-11(16)4-3-10(12)5-6-17-14/h3-6,8-9,13H,7H2,1-2H3,(H,17,18)(H,19,20)/t13-/m1/s1. The van der Waals surface area contributed by atoms with Crippen molar-refractivity contribution in [1.29, 1.82) is 0 Å². The fourth-order valence-corrected chi connectivity index (χ4v) is 2.11. The van der Waals surface area contributed by atoms with Gasteiger partial charge in [0.2, 0.25) is 0 Å². The number of hydrogen-bond donors (Lipinski definition) is 2. The molecule has 2 rings (SSSR count). The zero-order valence-electron chi connectivity index (χ0n) is 11.4. The number of carboxylic acids is 1. The summed E-state index contributed by atoms with van der Waals surface area (Å²) < 4.78 is 13.4. The molecule has 0 saturated heterocycles. The number of pyridine rings is 1. The smallest absolute Gasteiger partial charge is 0.326 e. The molecule has 2 aromatic rings. The van der Waals surface area contributed by atoms with Gasteiger partial charge < -0.3 is 10.4 Å². The molecular formula is C15H17FN2O2. The Balaban J connectivity index is 2.36. The minimum absolute atomic E-state index is 0.232. The number of hydrogen-bond acceptors (Lipinski definition) is 3. The van der Waals surface area contributed by atoms with E-state index in [0.717, 1.165) is 5.39 Å². The number of fused-ring (bicyclic) bond motifs is 1. The highest BCUT2D eigenvalue weighted by atomic mass is 19.1. The number of aliphatic carboxylic acids is 1. The highest BCUT2D eigenvalue weighted by Crippen LogP contribution is 2.23. The molecular weight excluding hydrogens is 259 g/mol. The molecule has 20 heavy (non-hydrogen) atoms. The lowest BCUT2D eigenvalue weighted by Gasteiger charge is -2.18. The van der Waals surface area contributed by atoms with Crippen LogP contribution in [0.1, 0.15) is 20.3 Å². The average Bonchev–Trinajstić information content (AvgIpc) is 2.38. The second kappa shape index (κ2) is 5.86. The second-order valence-corrected chi connectivity index (χ2v) is 5.19. The Labute approximate surface area is 116 Å². The van der Waals surface area contributed by atoms with Crippen LogP contribution >= 0.6 is 0 Å². The normalized spacial score (nSPS) is 12.6. The number of carbonyl (C=O) groups is 1. The van der Waals surface area contributed by atoms with E-state index in [4.69, 9.17) is 0 Å². The van der Waals surface area contributed by atoms with Gasteiger partial charge in [-0.1, -0.05) is 19.9 Å². The largest absolute Gasteiger partial charge is 0.480 e. The van der Waals surface area contributed by atoms with Crippen molar-refractivity contribution in [2.75, 3.05) is 5.32 Å². The number of nitrogens with zero attached hydrogens (tertiary/aromatic N) is 1. The third kappa shape index (κ3) is 3.23. The predicted octanol–water partition coefficient (Wildman–Crippen LogP) is 3.29. The number of rotatable bonds is 5. The molecule has 0 saturated carbocycles. The molecule has 0 amide bonds. The third-order valence-electron chi connectivity index (χ3n) is 3.04. The molecule has 1 heterocycles. The summed E-state index contributed by atoms with van der Waals surface area (Å²) in [6, 6.07) is 5.40. The van der Waals surface area contributed by atoms with E-state index in [1.165, 1.54) is 12.1 Å². The zero-order valence-corrected chi connectivity index (χ0v) is 11.4. The first-order valence-electron chi connectivity index (χ1n) is 6.51. The molecule has 2 N–H and O–H groups in total. The lowest BCUT2D eigenvalue weighted by molar-refractivity contribution is -0.138. The number of halogens is 1. The second-order valence-electron chi connectivity index (χ2n) is 5.19. The van der Waals surface area contributed by atoms with Gasteiger partial charge in [0.15, 0.2) is 0 Å². The van der Waals surface area contributed by atoms with Gasteiger partial charge in [-0.25, -0.2) is 14.2 Å². The van der Waals surface area contributed by atoms with E-state index in [9.17, 15) is 14.3 Å². The lowest BCUT2D eigenvalue weighted by atomic mass is 10.0. The molecule has 1 aromatic carbocycles. The Morgan fingerprint density at radius 1 is 1.40 bits per heavy atom. The first-order valence-corrected chi connectivity index (χ1v) is 6.51. The van der Waals surface area contributed by atoms with E-state index < -0.39 is 12.0 Å². The fraction of sp³-hybridized carbons (Fsp3) is 0.333. The number of anilines is 1. The summed E-state index contributed by atoms with van der Waals surface area (Å²) in [4.78, 5) is 15.4. The predicted molar refractivity (Wildman–Crippen MR) is 76.2 cm³/mol. The number of benzene rings is 1. The molecule has 5 heteroatoms. The summed E-state index contributed by atoms with van der Waals surface area (Å²) >= 11 is 0. The molecule has 0 aliphatic heterocycles. The molecule has 4 nitrogen and oxygen atoms in total.